The maximum absolute atomic E-state index is 13.2. The van der Waals surface area contributed by atoms with Crippen LogP contribution >= 0.6 is 22.9 Å². The molecule has 4 heterocycles. The van der Waals surface area contributed by atoms with E-state index in [1.54, 1.807) is 31.2 Å². The fraction of sp³-hybridized carbons (Fsp3) is 0.417. The summed E-state index contributed by atoms with van der Waals surface area (Å²) in [6.45, 7) is 3.62. The molecule has 3 atom stereocenters. The highest BCUT2D eigenvalue weighted by atomic mass is 35.5. The van der Waals surface area contributed by atoms with Gasteiger partial charge in [-0.25, -0.2) is 9.78 Å². The van der Waals surface area contributed by atoms with Crippen LogP contribution in [0.25, 0.3) is 10.9 Å². The van der Waals surface area contributed by atoms with Crippen LogP contribution in [0.15, 0.2) is 24.3 Å². The van der Waals surface area contributed by atoms with Gasteiger partial charge in [0.15, 0.2) is 5.01 Å². The van der Waals surface area contributed by atoms with Crippen LogP contribution in [0.3, 0.4) is 0 Å². The molecule has 0 spiro atoms. The average Bonchev–Trinajstić information content (AvgIpc) is 3.44. The summed E-state index contributed by atoms with van der Waals surface area (Å²) in [7, 11) is 2.03. The minimum atomic E-state index is -1.06. The quantitative estimate of drug-likeness (QED) is 0.410. The Morgan fingerprint density at radius 2 is 2.00 bits per heavy atom. The minimum Gasteiger partial charge on any atom is -0.465 e. The number of rotatable bonds is 4. The first-order valence-corrected chi connectivity index (χ1v) is 13.0. The molecule has 1 fully saturated rings. The molecule has 10 nitrogen and oxygen atoms in total. The van der Waals surface area contributed by atoms with Gasteiger partial charge in [-0.2, -0.15) is 0 Å². The van der Waals surface area contributed by atoms with E-state index in [0.717, 1.165) is 41.0 Å². The van der Waals surface area contributed by atoms with Gasteiger partial charge in [0.2, 0.25) is 0 Å². The van der Waals surface area contributed by atoms with Gasteiger partial charge >= 0.3 is 6.09 Å². The van der Waals surface area contributed by atoms with Crippen molar-refractivity contribution in [1.82, 2.24) is 30.4 Å². The number of aromatic nitrogens is 2. The van der Waals surface area contributed by atoms with Crippen LogP contribution < -0.4 is 10.6 Å². The molecule has 190 valence electrons. The Balaban J connectivity index is 1.36. The van der Waals surface area contributed by atoms with Gasteiger partial charge in [-0.3, -0.25) is 9.59 Å². The van der Waals surface area contributed by atoms with E-state index in [9.17, 15) is 19.5 Å². The van der Waals surface area contributed by atoms with Crippen LogP contribution in [0.1, 0.15) is 44.2 Å². The molecule has 12 heteroatoms. The molecule has 1 saturated heterocycles. The third-order valence-electron chi connectivity index (χ3n) is 6.93. The van der Waals surface area contributed by atoms with Crippen molar-refractivity contribution >= 4 is 51.7 Å². The maximum atomic E-state index is 13.2. The number of H-pyrrole nitrogens is 1. The largest absolute Gasteiger partial charge is 0.465 e. The number of piperidine rings is 1. The topological polar surface area (TPSA) is 131 Å². The number of nitrogens with zero attached hydrogens (tertiary/aromatic N) is 3. The summed E-state index contributed by atoms with van der Waals surface area (Å²) >= 11 is 7.42. The van der Waals surface area contributed by atoms with Crippen LogP contribution in [0.5, 0.6) is 0 Å². The summed E-state index contributed by atoms with van der Waals surface area (Å²) in [5.41, 5.74) is 2.08. The minimum absolute atomic E-state index is 0.244. The second kappa shape index (κ2) is 9.72. The summed E-state index contributed by atoms with van der Waals surface area (Å²) < 4.78 is 0. The van der Waals surface area contributed by atoms with E-state index in [-0.39, 0.29) is 18.4 Å². The van der Waals surface area contributed by atoms with Gasteiger partial charge in [0.1, 0.15) is 5.69 Å². The summed E-state index contributed by atoms with van der Waals surface area (Å²) in [5, 5.41) is 17.4. The Labute approximate surface area is 216 Å². The van der Waals surface area contributed by atoms with Crippen molar-refractivity contribution in [2.75, 3.05) is 20.1 Å². The molecule has 2 aromatic heterocycles. The zero-order chi connectivity index (χ0) is 25.6. The van der Waals surface area contributed by atoms with Gasteiger partial charge in [0, 0.05) is 46.9 Å². The normalized spacial score (nSPS) is 22.3. The van der Waals surface area contributed by atoms with Crippen molar-refractivity contribution in [2.24, 2.45) is 0 Å². The predicted molar refractivity (Wildman–Crippen MR) is 137 cm³/mol. The van der Waals surface area contributed by atoms with E-state index >= 15 is 0 Å². The number of hydrogen-bond donors (Lipinski definition) is 4. The standard InChI is InChI=1S/C24H27ClN6O4S/c1-12-20(29-22(33)23-28-16-5-7-30(2)11-19(16)36-23)17(6-8-31(12)24(34)35)27-21(32)18-10-13-9-14(25)3-4-15(13)26-18/h3-4,9-10,12,17,20,26H,5-8,11H2,1-2H3,(H,27,32)(H,29,33)(H,34,35)/t12?,17-,20-/m0/s1. The Hall–Kier alpha value is -3.15. The van der Waals surface area contributed by atoms with Crippen molar-refractivity contribution in [1.29, 1.82) is 0 Å². The number of carbonyl (C=O) groups excluding carboxylic acids is 2. The molecule has 1 unspecified atom stereocenters. The molecule has 36 heavy (non-hydrogen) atoms. The summed E-state index contributed by atoms with van der Waals surface area (Å²) in [5.74, 6) is -0.698. The van der Waals surface area contributed by atoms with E-state index in [1.807, 2.05) is 7.05 Å². The van der Waals surface area contributed by atoms with Crippen molar-refractivity contribution in [3.63, 3.8) is 0 Å². The van der Waals surface area contributed by atoms with Gasteiger partial charge in [0.05, 0.1) is 23.8 Å². The number of likely N-dealkylation sites (tertiary alicyclic amines) is 1. The monoisotopic (exact) mass is 530 g/mol. The van der Waals surface area contributed by atoms with Gasteiger partial charge in [-0.15, -0.1) is 11.3 Å². The van der Waals surface area contributed by atoms with Crippen LogP contribution in [-0.4, -0.2) is 81.0 Å². The number of halogens is 1. The molecule has 2 aliphatic rings. The molecular weight excluding hydrogens is 504 g/mol. The third kappa shape index (κ3) is 4.78. The Bertz CT molecular complexity index is 1340. The predicted octanol–water partition coefficient (Wildman–Crippen LogP) is 2.93. The molecule has 3 aromatic rings. The number of carbonyl (C=O) groups is 3. The molecule has 3 amide bonds. The average molecular weight is 531 g/mol. The molecule has 1 aromatic carbocycles. The van der Waals surface area contributed by atoms with Crippen molar-refractivity contribution in [3.05, 3.63) is 50.6 Å². The Morgan fingerprint density at radius 1 is 1.19 bits per heavy atom. The highest BCUT2D eigenvalue weighted by Crippen LogP contribution is 2.26. The highest BCUT2D eigenvalue weighted by Gasteiger charge is 2.40. The lowest BCUT2D eigenvalue weighted by molar-refractivity contribution is 0.0656. The number of benzene rings is 1. The second-order valence-electron chi connectivity index (χ2n) is 9.38. The van der Waals surface area contributed by atoms with Crippen LogP contribution in [-0.2, 0) is 13.0 Å². The molecule has 5 rings (SSSR count). The van der Waals surface area contributed by atoms with E-state index in [1.165, 1.54) is 16.2 Å². The fourth-order valence-corrected chi connectivity index (χ4v) is 6.22. The summed E-state index contributed by atoms with van der Waals surface area (Å²) in [6.07, 6.45) is 0.0848. The molecular formula is C24H27ClN6O4S. The first kappa shape index (κ1) is 24.5. The summed E-state index contributed by atoms with van der Waals surface area (Å²) in [6, 6.07) is 5.38. The number of nitrogens with one attached hydrogen (secondary N) is 3. The second-order valence-corrected chi connectivity index (χ2v) is 10.9. The van der Waals surface area contributed by atoms with E-state index < -0.39 is 24.2 Å². The van der Waals surface area contributed by atoms with Crippen LogP contribution in [0.2, 0.25) is 5.02 Å². The number of fused-ring (bicyclic) bond motifs is 2. The Morgan fingerprint density at radius 3 is 2.78 bits per heavy atom. The molecule has 0 radical (unpaired) electrons. The number of carboxylic acid groups (broad SMARTS) is 1. The Kier molecular flexibility index (Phi) is 6.62. The lowest BCUT2D eigenvalue weighted by Crippen LogP contribution is -2.65. The highest BCUT2D eigenvalue weighted by molar-refractivity contribution is 7.13. The number of likely N-dealkylation sites (N-methyl/N-ethyl adjacent to an activating group) is 1. The van der Waals surface area contributed by atoms with Crippen molar-refractivity contribution in [3.8, 4) is 0 Å². The van der Waals surface area contributed by atoms with Gasteiger partial charge < -0.3 is 30.5 Å². The van der Waals surface area contributed by atoms with E-state index in [4.69, 9.17) is 11.6 Å². The molecule has 4 N–H and O–H groups in total. The van der Waals surface area contributed by atoms with Gasteiger partial charge in [-0.1, -0.05) is 11.6 Å². The van der Waals surface area contributed by atoms with Gasteiger partial charge in [0.25, 0.3) is 11.8 Å². The van der Waals surface area contributed by atoms with E-state index in [0.29, 0.717) is 22.1 Å². The van der Waals surface area contributed by atoms with Crippen LogP contribution in [0, 0.1) is 0 Å². The van der Waals surface area contributed by atoms with E-state index in [2.05, 4.69) is 25.5 Å². The lowest BCUT2D eigenvalue weighted by Gasteiger charge is -2.43. The molecule has 0 bridgehead atoms. The number of hydrogen-bond acceptors (Lipinski definition) is 6. The maximum Gasteiger partial charge on any atom is 0.407 e. The van der Waals surface area contributed by atoms with Gasteiger partial charge in [-0.05, 0) is 44.7 Å². The first-order valence-electron chi connectivity index (χ1n) is 11.8. The van der Waals surface area contributed by atoms with Crippen molar-refractivity contribution < 1.29 is 19.5 Å². The zero-order valence-electron chi connectivity index (χ0n) is 19.9. The van der Waals surface area contributed by atoms with Crippen molar-refractivity contribution in [2.45, 2.75) is 44.4 Å². The number of thiazole rings is 1. The number of amides is 3. The zero-order valence-corrected chi connectivity index (χ0v) is 21.4. The molecule has 0 saturated carbocycles. The third-order valence-corrected chi connectivity index (χ3v) is 8.25. The fourth-order valence-electron chi connectivity index (χ4n) is 4.95. The molecule has 2 aliphatic heterocycles. The molecule has 0 aliphatic carbocycles. The first-order chi connectivity index (χ1) is 17.2. The number of aromatic amines is 1. The smallest absolute Gasteiger partial charge is 0.407 e. The summed E-state index contributed by atoms with van der Waals surface area (Å²) in [4.78, 5) is 50.3. The lowest BCUT2D eigenvalue weighted by atomic mass is 9.92. The van der Waals surface area contributed by atoms with Crippen LogP contribution in [0.4, 0.5) is 4.79 Å². The SMILES string of the molecule is CC1[C@H](NC(=O)c2nc3c(s2)CN(C)CC3)[C@@H](NC(=O)c2cc3cc(Cl)ccc3[nH]2)CCN1C(=O)O.